The lowest BCUT2D eigenvalue weighted by molar-refractivity contribution is -0.385. The molecule has 2 aromatic rings. The average Bonchev–Trinajstić information content (AvgIpc) is 3.49. The molecule has 0 unspecified atom stereocenters. The van der Waals surface area contributed by atoms with Crippen molar-refractivity contribution in [3.8, 4) is 0 Å². The van der Waals surface area contributed by atoms with Crippen molar-refractivity contribution in [3.05, 3.63) is 68.8 Å². The number of rotatable bonds is 8. The van der Waals surface area contributed by atoms with E-state index in [-0.39, 0.29) is 27.6 Å². The highest BCUT2D eigenvalue weighted by Crippen LogP contribution is 2.25. The molecule has 10 nitrogen and oxygen atoms in total. The molecule has 158 valence electrons. The van der Waals surface area contributed by atoms with Gasteiger partial charge >= 0.3 is 5.97 Å². The van der Waals surface area contributed by atoms with Crippen LogP contribution in [0.1, 0.15) is 44.7 Å². The number of sulfonamides is 1. The summed E-state index contributed by atoms with van der Waals surface area (Å²) < 4.78 is 32.5. The molecular weight excluding hydrogens is 414 g/mol. The van der Waals surface area contributed by atoms with Crippen LogP contribution in [0, 0.1) is 17.0 Å². The predicted octanol–water partition coefficient (Wildman–Crippen LogP) is 1.80. The van der Waals surface area contributed by atoms with Crippen LogP contribution in [0.4, 0.5) is 5.69 Å². The molecule has 11 heteroatoms. The zero-order valence-electron chi connectivity index (χ0n) is 16.0. The summed E-state index contributed by atoms with van der Waals surface area (Å²) >= 11 is 0. The van der Waals surface area contributed by atoms with Gasteiger partial charge in [0.1, 0.15) is 6.61 Å². The summed E-state index contributed by atoms with van der Waals surface area (Å²) in [6, 6.07) is 7.59. The molecule has 0 spiro atoms. The summed E-state index contributed by atoms with van der Waals surface area (Å²) in [6.45, 7) is 1.18. The Hall–Kier alpha value is -3.31. The van der Waals surface area contributed by atoms with Gasteiger partial charge in [-0.2, -0.15) is 0 Å². The van der Waals surface area contributed by atoms with Crippen molar-refractivity contribution in [2.45, 2.75) is 37.3 Å². The minimum Gasteiger partial charge on any atom is -0.457 e. The van der Waals surface area contributed by atoms with Gasteiger partial charge in [-0.3, -0.25) is 14.9 Å². The number of nitrogens with zero attached hydrogens (tertiary/aromatic N) is 1. The summed E-state index contributed by atoms with van der Waals surface area (Å²) in [6.07, 6.45) is 1.54. The van der Waals surface area contributed by atoms with Gasteiger partial charge in [0.15, 0.2) is 0 Å². The van der Waals surface area contributed by atoms with Gasteiger partial charge in [0.05, 0.1) is 20.9 Å². The third-order valence-corrected chi connectivity index (χ3v) is 6.08. The monoisotopic (exact) mass is 433 g/mol. The molecule has 30 heavy (non-hydrogen) atoms. The molecule has 1 aliphatic carbocycles. The first-order valence-corrected chi connectivity index (χ1v) is 10.4. The van der Waals surface area contributed by atoms with E-state index in [1.807, 2.05) is 0 Å². The lowest BCUT2D eigenvalue weighted by Crippen LogP contribution is -2.26. The van der Waals surface area contributed by atoms with Crippen molar-refractivity contribution in [2.24, 2.45) is 5.73 Å². The van der Waals surface area contributed by atoms with E-state index in [4.69, 9.17) is 10.5 Å². The maximum Gasteiger partial charge on any atom is 0.338 e. The van der Waals surface area contributed by atoms with Gasteiger partial charge in [0.25, 0.3) is 5.69 Å². The van der Waals surface area contributed by atoms with Gasteiger partial charge in [0, 0.05) is 17.7 Å². The highest BCUT2D eigenvalue weighted by atomic mass is 32.2. The third kappa shape index (κ3) is 4.81. The Labute approximate surface area is 172 Å². The fourth-order valence-electron chi connectivity index (χ4n) is 2.71. The number of nitrogens with two attached hydrogens (primary N) is 1. The number of carbonyl (C=O) groups is 2. The van der Waals surface area contributed by atoms with E-state index >= 15 is 0 Å². The number of esters is 1. The molecule has 0 aromatic heterocycles. The van der Waals surface area contributed by atoms with Crippen LogP contribution in [-0.2, 0) is 21.4 Å². The summed E-state index contributed by atoms with van der Waals surface area (Å²) in [5.41, 5.74) is 5.25. The van der Waals surface area contributed by atoms with Crippen LogP contribution >= 0.6 is 0 Å². The van der Waals surface area contributed by atoms with E-state index < -0.39 is 39.1 Å². The number of benzene rings is 2. The Morgan fingerprint density at radius 2 is 1.93 bits per heavy atom. The third-order valence-electron chi connectivity index (χ3n) is 4.56. The van der Waals surface area contributed by atoms with E-state index in [1.54, 1.807) is 6.92 Å². The normalized spacial score (nSPS) is 13.6. The van der Waals surface area contributed by atoms with Crippen LogP contribution in [-0.4, -0.2) is 31.3 Å². The molecule has 1 fully saturated rings. The Bertz CT molecular complexity index is 1140. The van der Waals surface area contributed by atoms with Crippen molar-refractivity contribution in [3.63, 3.8) is 0 Å². The second-order valence-corrected chi connectivity index (χ2v) is 8.63. The lowest BCUT2D eigenvalue weighted by Gasteiger charge is -2.11. The summed E-state index contributed by atoms with van der Waals surface area (Å²) in [5, 5.41) is 11.3. The molecular formula is C19H19N3O7S. The summed E-state index contributed by atoms with van der Waals surface area (Å²) in [5.74, 6) is -1.65. The Balaban J connectivity index is 1.80. The number of primary amides is 1. The highest BCUT2D eigenvalue weighted by Gasteiger charge is 2.29. The van der Waals surface area contributed by atoms with Crippen molar-refractivity contribution in [2.75, 3.05) is 0 Å². The molecule has 0 saturated heterocycles. The number of amides is 1. The van der Waals surface area contributed by atoms with Gasteiger partial charge < -0.3 is 10.5 Å². The second-order valence-electron chi connectivity index (χ2n) is 6.91. The van der Waals surface area contributed by atoms with E-state index in [1.165, 1.54) is 30.3 Å². The summed E-state index contributed by atoms with van der Waals surface area (Å²) in [4.78, 5) is 34.2. The largest absolute Gasteiger partial charge is 0.457 e. The van der Waals surface area contributed by atoms with E-state index in [0.717, 1.165) is 18.9 Å². The predicted molar refractivity (Wildman–Crippen MR) is 105 cm³/mol. The fourth-order valence-corrected chi connectivity index (χ4v) is 4.04. The molecule has 0 bridgehead atoms. The minimum atomic E-state index is -3.76. The number of nitro groups is 1. The zero-order valence-corrected chi connectivity index (χ0v) is 16.8. The van der Waals surface area contributed by atoms with Crippen molar-refractivity contribution >= 4 is 27.6 Å². The number of nitro benzene ring substituents is 1. The molecule has 1 saturated carbocycles. The van der Waals surface area contributed by atoms with Crippen LogP contribution in [0.5, 0.6) is 0 Å². The Kier molecular flexibility index (Phi) is 5.85. The lowest BCUT2D eigenvalue weighted by atomic mass is 10.1. The number of hydrogen-bond donors (Lipinski definition) is 2. The van der Waals surface area contributed by atoms with Crippen molar-refractivity contribution < 1.29 is 27.7 Å². The highest BCUT2D eigenvalue weighted by molar-refractivity contribution is 7.89. The number of ether oxygens (including phenoxy) is 1. The molecule has 3 N–H and O–H groups in total. The number of nitrogens with one attached hydrogen (secondary N) is 1. The molecule has 0 heterocycles. The minimum absolute atomic E-state index is 0.0325. The standard InChI is InChI=1S/C19H19N3O7S/c1-11-2-7-15(30(27,28)21-14-5-6-14)9-16(11)19(24)29-10-13-4-3-12(18(20)23)8-17(13)22(25)26/h2-4,7-9,14,21H,5-6,10H2,1H3,(H2,20,23). The van der Waals surface area contributed by atoms with E-state index in [9.17, 15) is 28.1 Å². The smallest absolute Gasteiger partial charge is 0.338 e. The maximum atomic E-state index is 12.5. The topological polar surface area (TPSA) is 159 Å². The molecule has 0 atom stereocenters. The molecule has 1 aliphatic rings. The van der Waals surface area contributed by atoms with Crippen LogP contribution in [0.2, 0.25) is 0 Å². The SMILES string of the molecule is Cc1ccc(S(=O)(=O)NC2CC2)cc1C(=O)OCc1ccc(C(N)=O)cc1[N+](=O)[O-]. The average molecular weight is 433 g/mol. The van der Waals surface area contributed by atoms with E-state index in [2.05, 4.69) is 4.72 Å². The first-order valence-electron chi connectivity index (χ1n) is 8.95. The molecule has 0 aliphatic heterocycles. The van der Waals surface area contributed by atoms with E-state index in [0.29, 0.717) is 5.56 Å². The van der Waals surface area contributed by atoms with Gasteiger partial charge in [-0.05, 0) is 49.6 Å². The van der Waals surface area contributed by atoms with Crippen molar-refractivity contribution in [1.29, 1.82) is 0 Å². The number of aryl methyl sites for hydroxylation is 1. The van der Waals surface area contributed by atoms with Gasteiger partial charge in [0.2, 0.25) is 15.9 Å². The molecule has 3 rings (SSSR count). The van der Waals surface area contributed by atoms with Gasteiger partial charge in [-0.15, -0.1) is 0 Å². The Morgan fingerprint density at radius 1 is 1.23 bits per heavy atom. The van der Waals surface area contributed by atoms with Gasteiger partial charge in [-0.1, -0.05) is 6.07 Å². The number of hydrogen-bond acceptors (Lipinski definition) is 7. The molecule has 1 amide bonds. The fraction of sp³-hybridized carbons (Fsp3) is 0.263. The van der Waals surface area contributed by atoms with Crippen LogP contribution in [0.3, 0.4) is 0 Å². The quantitative estimate of drug-likeness (QED) is 0.365. The van der Waals surface area contributed by atoms with Crippen LogP contribution < -0.4 is 10.5 Å². The van der Waals surface area contributed by atoms with Crippen molar-refractivity contribution in [1.82, 2.24) is 4.72 Å². The van der Waals surface area contributed by atoms with Crippen LogP contribution in [0.25, 0.3) is 0 Å². The first-order chi connectivity index (χ1) is 14.1. The maximum absolute atomic E-state index is 12.5. The Morgan fingerprint density at radius 3 is 2.53 bits per heavy atom. The molecule has 0 radical (unpaired) electrons. The number of carbonyl (C=O) groups excluding carboxylic acids is 2. The van der Waals surface area contributed by atoms with Crippen LogP contribution in [0.15, 0.2) is 41.3 Å². The second kappa shape index (κ2) is 8.20. The van der Waals surface area contributed by atoms with Gasteiger partial charge in [-0.25, -0.2) is 17.9 Å². The summed E-state index contributed by atoms with van der Waals surface area (Å²) in [7, 11) is -3.76. The first kappa shape index (κ1) is 21.4. The zero-order chi connectivity index (χ0) is 22.1. The molecule has 2 aromatic carbocycles.